The van der Waals surface area contributed by atoms with Gasteiger partial charge in [-0.25, -0.2) is 0 Å². The number of rotatable bonds is 7. The molecule has 0 amide bonds. The van der Waals surface area contributed by atoms with Crippen LogP contribution in [0.15, 0.2) is 198 Å². The second kappa shape index (κ2) is 14.9. The third-order valence-electron chi connectivity index (χ3n) is 12.5. The molecular formula is C55H46N2. The average Bonchev–Trinajstić information content (AvgIpc) is 3.29. The van der Waals surface area contributed by atoms with Crippen molar-refractivity contribution in [3.05, 3.63) is 215 Å². The minimum Gasteiger partial charge on any atom is -0.285 e. The quantitative estimate of drug-likeness (QED) is 0.160. The molecule has 3 aliphatic carbocycles. The van der Waals surface area contributed by atoms with Gasteiger partial charge in [0.1, 0.15) is 0 Å². The largest absolute Gasteiger partial charge is 0.285 e. The summed E-state index contributed by atoms with van der Waals surface area (Å²) in [5.74, 6) is 0.322. The fraction of sp³-hybridized carbons (Fsp3) is 0.164. The third-order valence-corrected chi connectivity index (χ3v) is 12.5. The van der Waals surface area contributed by atoms with E-state index in [-0.39, 0.29) is 11.5 Å². The van der Waals surface area contributed by atoms with Gasteiger partial charge in [-0.05, 0) is 134 Å². The molecule has 5 aromatic carbocycles. The van der Waals surface area contributed by atoms with E-state index in [1.54, 1.807) is 0 Å². The minimum absolute atomic E-state index is 0.130. The third kappa shape index (κ3) is 6.70. The lowest BCUT2D eigenvalue weighted by Crippen LogP contribution is -2.25. The lowest BCUT2D eigenvalue weighted by Gasteiger charge is -2.38. The second-order valence-electron chi connectivity index (χ2n) is 16.2. The molecule has 2 heteroatoms. The average molecular weight is 735 g/mol. The second-order valence-corrected chi connectivity index (χ2v) is 16.2. The first-order valence-corrected chi connectivity index (χ1v) is 20.5. The molecule has 6 aromatic rings. The number of hydrogen-bond acceptors (Lipinski definition) is 2. The first kappa shape index (κ1) is 35.1. The molecule has 0 saturated heterocycles. The van der Waals surface area contributed by atoms with Gasteiger partial charge in [-0.15, -0.1) is 0 Å². The van der Waals surface area contributed by atoms with E-state index < -0.39 is 0 Å². The Hall–Kier alpha value is -6.38. The number of aromatic nitrogens is 1. The minimum atomic E-state index is -0.225. The van der Waals surface area contributed by atoms with Crippen molar-refractivity contribution in [3.63, 3.8) is 0 Å². The zero-order valence-corrected chi connectivity index (χ0v) is 32.5. The summed E-state index contributed by atoms with van der Waals surface area (Å²) in [5, 5.41) is 2.55. The van der Waals surface area contributed by atoms with E-state index in [9.17, 15) is 0 Å². The van der Waals surface area contributed by atoms with Gasteiger partial charge in [0.2, 0.25) is 0 Å². The van der Waals surface area contributed by atoms with E-state index >= 15 is 0 Å². The zero-order chi connectivity index (χ0) is 38.2. The molecule has 0 spiro atoms. The van der Waals surface area contributed by atoms with E-state index in [1.807, 2.05) is 18.5 Å². The van der Waals surface area contributed by atoms with Crippen molar-refractivity contribution in [1.29, 1.82) is 0 Å². The van der Waals surface area contributed by atoms with Gasteiger partial charge in [0.05, 0.1) is 11.7 Å². The summed E-state index contributed by atoms with van der Waals surface area (Å²) in [6.07, 6.45) is 30.2. The SMILES string of the molecule is CC1(C2=CC(c3ccccc3)CC(C3=CC=CCC3)=C2)C=Cc2c(c(-c3cccc(C4CC=CC=N4)c3)c3ccccc3c2-c2cccc(-c3ccccn3)c2)C1. The Balaban J connectivity index is 1.19. The van der Waals surface area contributed by atoms with Crippen molar-refractivity contribution in [1.82, 2.24) is 4.98 Å². The fourth-order valence-electron chi connectivity index (χ4n) is 9.56. The van der Waals surface area contributed by atoms with Crippen molar-refractivity contribution in [2.24, 2.45) is 10.4 Å². The molecule has 57 heavy (non-hydrogen) atoms. The van der Waals surface area contributed by atoms with Crippen molar-refractivity contribution in [3.8, 4) is 33.5 Å². The van der Waals surface area contributed by atoms with Gasteiger partial charge in [-0.2, -0.15) is 0 Å². The molecule has 1 aromatic heterocycles. The number of benzene rings is 5. The van der Waals surface area contributed by atoms with Crippen LogP contribution in [0.2, 0.25) is 0 Å². The molecule has 3 unspecified atom stereocenters. The van der Waals surface area contributed by atoms with Gasteiger partial charge in [0, 0.05) is 29.3 Å². The number of dihydropyridines is 1. The number of fused-ring (bicyclic) bond motifs is 2. The van der Waals surface area contributed by atoms with E-state index in [2.05, 4.69) is 177 Å². The van der Waals surface area contributed by atoms with Gasteiger partial charge < -0.3 is 0 Å². The van der Waals surface area contributed by atoms with E-state index in [0.29, 0.717) is 5.92 Å². The van der Waals surface area contributed by atoms with E-state index in [0.717, 1.165) is 43.4 Å². The van der Waals surface area contributed by atoms with Crippen LogP contribution in [0.1, 0.15) is 66.8 Å². The molecule has 276 valence electrons. The fourth-order valence-corrected chi connectivity index (χ4v) is 9.56. The maximum Gasteiger partial charge on any atom is 0.0783 e. The summed E-state index contributed by atoms with van der Waals surface area (Å²) in [6.45, 7) is 2.47. The molecule has 2 heterocycles. The van der Waals surface area contributed by atoms with E-state index in [4.69, 9.17) is 9.98 Å². The Morgan fingerprint density at radius 2 is 1.46 bits per heavy atom. The first-order valence-electron chi connectivity index (χ1n) is 20.5. The van der Waals surface area contributed by atoms with Crippen LogP contribution in [0.4, 0.5) is 0 Å². The Morgan fingerprint density at radius 1 is 0.684 bits per heavy atom. The molecule has 0 radical (unpaired) electrons. The summed E-state index contributed by atoms with van der Waals surface area (Å²) in [5.41, 5.74) is 16.7. The molecule has 10 rings (SSSR count). The van der Waals surface area contributed by atoms with Gasteiger partial charge in [0.15, 0.2) is 0 Å². The molecule has 2 nitrogen and oxygen atoms in total. The van der Waals surface area contributed by atoms with Crippen molar-refractivity contribution in [2.75, 3.05) is 0 Å². The van der Waals surface area contributed by atoms with Gasteiger partial charge >= 0.3 is 0 Å². The highest BCUT2D eigenvalue weighted by Gasteiger charge is 2.35. The maximum atomic E-state index is 4.88. The van der Waals surface area contributed by atoms with E-state index in [1.165, 1.54) is 72.0 Å². The number of aliphatic imine (C=N–C) groups is 1. The Morgan fingerprint density at radius 3 is 2.25 bits per heavy atom. The van der Waals surface area contributed by atoms with Crippen LogP contribution < -0.4 is 0 Å². The molecule has 0 saturated carbocycles. The highest BCUT2D eigenvalue weighted by Crippen LogP contribution is 2.52. The molecule has 0 bridgehead atoms. The molecular weight excluding hydrogens is 689 g/mol. The first-order chi connectivity index (χ1) is 28.1. The standard InChI is InChI=1S/C55H46N2/c1-55(46-35-44(38-16-4-2-5-17-38)34-45(36-46)39-18-6-3-7-19-39)29-28-49-50(37-55)54(43-23-15-21-41(33-43)52-27-11-13-31-57-52)48-25-9-8-24-47(48)53(49)42-22-14-20-40(32-42)51-26-10-12-30-56-51/h2-6,8-18,20-26,28-33,35-36,44,52H,7,19,27,34,37H2,1H3. The summed E-state index contributed by atoms with van der Waals surface area (Å²) < 4.78 is 0. The highest BCUT2D eigenvalue weighted by molar-refractivity contribution is 6.10. The van der Waals surface area contributed by atoms with Crippen molar-refractivity contribution in [2.45, 2.75) is 51.0 Å². The molecule has 0 N–H and O–H groups in total. The van der Waals surface area contributed by atoms with Crippen LogP contribution in [-0.2, 0) is 6.42 Å². The summed E-state index contributed by atoms with van der Waals surface area (Å²) >= 11 is 0. The van der Waals surface area contributed by atoms with Crippen LogP contribution in [0.5, 0.6) is 0 Å². The number of allylic oxidation sites excluding steroid dienone is 10. The smallest absolute Gasteiger partial charge is 0.0783 e. The summed E-state index contributed by atoms with van der Waals surface area (Å²) in [4.78, 5) is 9.61. The van der Waals surface area contributed by atoms with Gasteiger partial charge in [-0.1, -0.05) is 153 Å². The Labute approximate surface area is 336 Å². The zero-order valence-electron chi connectivity index (χ0n) is 32.5. The predicted octanol–water partition coefficient (Wildman–Crippen LogP) is 14.2. The van der Waals surface area contributed by atoms with Crippen molar-refractivity contribution >= 4 is 23.1 Å². The monoisotopic (exact) mass is 734 g/mol. The molecule has 1 aliphatic heterocycles. The lowest BCUT2D eigenvalue weighted by molar-refractivity contribution is 0.511. The van der Waals surface area contributed by atoms with Gasteiger partial charge in [-0.3, -0.25) is 9.98 Å². The summed E-state index contributed by atoms with van der Waals surface area (Å²) in [7, 11) is 0. The topological polar surface area (TPSA) is 25.2 Å². The molecule has 3 atom stereocenters. The highest BCUT2D eigenvalue weighted by atomic mass is 14.8. The molecule has 0 fully saturated rings. The normalized spacial score (nSPS) is 21.2. The number of pyridine rings is 1. The molecule has 4 aliphatic rings. The van der Waals surface area contributed by atoms with Crippen LogP contribution >= 0.6 is 0 Å². The predicted molar refractivity (Wildman–Crippen MR) is 240 cm³/mol. The van der Waals surface area contributed by atoms with Crippen LogP contribution in [-0.4, -0.2) is 11.2 Å². The van der Waals surface area contributed by atoms with Crippen molar-refractivity contribution < 1.29 is 0 Å². The van der Waals surface area contributed by atoms with Gasteiger partial charge in [0.25, 0.3) is 0 Å². The number of nitrogens with zero attached hydrogens (tertiary/aromatic N) is 2. The van der Waals surface area contributed by atoms with Crippen LogP contribution in [0.3, 0.4) is 0 Å². The van der Waals surface area contributed by atoms with Crippen LogP contribution in [0.25, 0.3) is 50.4 Å². The Bertz CT molecular complexity index is 2720. The lowest BCUT2D eigenvalue weighted by atomic mass is 9.66. The maximum absolute atomic E-state index is 4.88. The summed E-state index contributed by atoms with van der Waals surface area (Å²) in [6, 6.07) is 44.6. The van der Waals surface area contributed by atoms with Crippen LogP contribution in [0, 0.1) is 5.41 Å². The number of hydrogen-bond donors (Lipinski definition) is 0. The Kier molecular flexibility index (Phi) is 9.19.